The van der Waals surface area contributed by atoms with Gasteiger partial charge in [0.05, 0.1) is 12.4 Å². The van der Waals surface area contributed by atoms with E-state index in [1.54, 1.807) is 6.92 Å². The van der Waals surface area contributed by atoms with Crippen LogP contribution in [0.15, 0.2) is 53.8 Å². The van der Waals surface area contributed by atoms with Gasteiger partial charge in [0.25, 0.3) is 11.8 Å². The molecule has 1 unspecified atom stereocenters. The summed E-state index contributed by atoms with van der Waals surface area (Å²) < 4.78 is 38.3. The van der Waals surface area contributed by atoms with Crippen molar-refractivity contribution in [3.8, 4) is 5.75 Å². The smallest absolute Gasteiger partial charge is 0.270 e. The number of nitrogens with one attached hydrogen (secondary N) is 1. The Hall–Kier alpha value is -2.67. The number of halogens is 2. The number of amides is 1. The van der Waals surface area contributed by atoms with Crippen molar-refractivity contribution in [2.75, 3.05) is 13.2 Å². The zero-order valence-corrected chi connectivity index (χ0v) is 18.5. The van der Waals surface area contributed by atoms with E-state index >= 15 is 0 Å². The molecule has 1 aromatic carbocycles. The van der Waals surface area contributed by atoms with Gasteiger partial charge in [-0.15, -0.1) is 0 Å². The summed E-state index contributed by atoms with van der Waals surface area (Å²) >= 11 is 0. The van der Waals surface area contributed by atoms with Gasteiger partial charge in [0, 0.05) is 32.0 Å². The fourth-order valence-electron chi connectivity index (χ4n) is 3.21. The van der Waals surface area contributed by atoms with E-state index in [-0.39, 0.29) is 23.6 Å². The van der Waals surface area contributed by atoms with Crippen LogP contribution in [0.5, 0.6) is 5.75 Å². The Balaban J connectivity index is 2.00. The molecule has 0 saturated carbocycles. The van der Waals surface area contributed by atoms with Crippen LogP contribution in [0.3, 0.4) is 0 Å². The number of benzene rings is 1. The molecule has 0 bridgehead atoms. The highest BCUT2D eigenvalue weighted by atomic mass is 19.3. The Kier molecular flexibility index (Phi) is 8.80. The van der Waals surface area contributed by atoms with E-state index in [0.29, 0.717) is 25.3 Å². The van der Waals surface area contributed by atoms with Crippen LogP contribution in [0, 0.1) is 0 Å². The van der Waals surface area contributed by atoms with E-state index in [0.717, 1.165) is 36.6 Å². The lowest BCUT2D eigenvalue weighted by Crippen LogP contribution is -2.35. The summed E-state index contributed by atoms with van der Waals surface area (Å²) in [4.78, 5) is 12.7. The van der Waals surface area contributed by atoms with E-state index in [9.17, 15) is 13.6 Å². The fourth-order valence-corrected chi connectivity index (χ4v) is 3.21. The highest BCUT2D eigenvalue weighted by Crippen LogP contribution is 2.27. The second kappa shape index (κ2) is 11.1. The third kappa shape index (κ3) is 7.21. The first-order valence-corrected chi connectivity index (χ1v) is 10.5. The summed E-state index contributed by atoms with van der Waals surface area (Å²) in [5, 5.41) is 2.91. The summed E-state index contributed by atoms with van der Waals surface area (Å²) in [6.07, 6.45) is 4.48. The number of ether oxygens (including phenoxy) is 2. The molecule has 2 rings (SSSR count). The second-order valence-electron chi connectivity index (χ2n) is 7.69. The minimum atomic E-state index is -3.05. The molecule has 170 valence electrons. The molecule has 0 saturated heterocycles. The van der Waals surface area contributed by atoms with Crippen molar-refractivity contribution in [3.05, 3.63) is 65.0 Å². The van der Waals surface area contributed by atoms with Crippen LogP contribution in [-0.2, 0) is 22.5 Å². The van der Waals surface area contributed by atoms with Crippen molar-refractivity contribution in [1.29, 1.82) is 0 Å². The number of hydrogen-bond donors (Lipinski definition) is 2. The number of fused-ring (bicyclic) bond motifs is 1. The molecule has 1 aromatic rings. The van der Waals surface area contributed by atoms with Gasteiger partial charge < -0.3 is 20.5 Å². The minimum Gasteiger partial charge on any atom is -0.493 e. The molecule has 31 heavy (non-hydrogen) atoms. The first-order chi connectivity index (χ1) is 14.7. The van der Waals surface area contributed by atoms with Crippen LogP contribution in [0.1, 0.15) is 44.7 Å². The van der Waals surface area contributed by atoms with Crippen molar-refractivity contribution in [2.24, 2.45) is 5.73 Å². The third-order valence-electron chi connectivity index (χ3n) is 5.05. The maximum atomic E-state index is 13.5. The molecule has 0 radical (unpaired) electrons. The number of alkyl halides is 2. The molecule has 1 aliphatic rings. The Labute approximate surface area is 183 Å². The van der Waals surface area contributed by atoms with E-state index in [2.05, 4.69) is 11.9 Å². The SMILES string of the molecule is C=C(/C(=C\C=C(/C)OC(CCC)C(=O)NCc1ccc2c(c1)CCO2)CN)C(C)(F)F. The van der Waals surface area contributed by atoms with Gasteiger partial charge in [0.2, 0.25) is 0 Å². The molecular formula is C24H32F2N2O3. The molecule has 1 amide bonds. The number of rotatable bonds is 11. The lowest BCUT2D eigenvalue weighted by atomic mass is 10.0. The van der Waals surface area contributed by atoms with Gasteiger partial charge in [-0.25, -0.2) is 8.78 Å². The van der Waals surface area contributed by atoms with Crippen LogP contribution >= 0.6 is 0 Å². The van der Waals surface area contributed by atoms with Gasteiger partial charge in [0.1, 0.15) is 5.75 Å². The number of carbonyl (C=O) groups excluding carboxylic acids is 1. The minimum absolute atomic E-state index is 0.0727. The first kappa shape index (κ1) is 24.6. The van der Waals surface area contributed by atoms with Crippen LogP contribution in [-0.4, -0.2) is 31.1 Å². The molecule has 7 heteroatoms. The van der Waals surface area contributed by atoms with Gasteiger partial charge in [0.15, 0.2) is 6.10 Å². The first-order valence-electron chi connectivity index (χ1n) is 10.5. The Bertz CT molecular complexity index is 857. The van der Waals surface area contributed by atoms with Crippen LogP contribution in [0.2, 0.25) is 0 Å². The van der Waals surface area contributed by atoms with Crippen LogP contribution < -0.4 is 15.8 Å². The highest BCUT2D eigenvalue weighted by Gasteiger charge is 2.27. The second-order valence-corrected chi connectivity index (χ2v) is 7.69. The molecule has 0 spiro atoms. The summed E-state index contributed by atoms with van der Waals surface area (Å²) in [5.41, 5.74) is 7.62. The van der Waals surface area contributed by atoms with Crippen molar-refractivity contribution in [1.82, 2.24) is 5.32 Å². The van der Waals surface area contributed by atoms with Gasteiger partial charge in [-0.05, 0) is 42.2 Å². The topological polar surface area (TPSA) is 73.6 Å². The third-order valence-corrected chi connectivity index (χ3v) is 5.05. The number of nitrogens with two attached hydrogens (primary N) is 1. The van der Waals surface area contributed by atoms with Crippen molar-refractivity contribution >= 4 is 5.91 Å². The molecule has 3 N–H and O–H groups in total. The van der Waals surface area contributed by atoms with Crippen molar-refractivity contribution in [2.45, 2.75) is 58.6 Å². The number of allylic oxidation sites excluding steroid dienone is 3. The lowest BCUT2D eigenvalue weighted by Gasteiger charge is -2.19. The predicted molar refractivity (Wildman–Crippen MR) is 118 cm³/mol. The highest BCUT2D eigenvalue weighted by molar-refractivity contribution is 5.80. The van der Waals surface area contributed by atoms with E-state index in [1.165, 1.54) is 12.2 Å². The maximum absolute atomic E-state index is 13.5. The Morgan fingerprint density at radius 1 is 1.42 bits per heavy atom. The molecule has 1 heterocycles. The van der Waals surface area contributed by atoms with E-state index in [1.807, 2.05) is 25.1 Å². The standard InChI is InChI=1S/C24H32F2N2O3/c1-5-6-22(31-16(2)7-9-20(14-27)17(3)24(4,25)26)23(29)28-15-18-8-10-21-19(13-18)11-12-30-21/h7-10,13,22H,3,5-6,11-12,14-15,27H2,1-2,4H3,(H,28,29)/b16-7+,20-9-. The average molecular weight is 435 g/mol. The zero-order valence-electron chi connectivity index (χ0n) is 18.5. The molecule has 1 aliphatic heterocycles. The summed E-state index contributed by atoms with van der Waals surface area (Å²) in [7, 11) is 0. The molecule has 5 nitrogen and oxygen atoms in total. The summed E-state index contributed by atoms with van der Waals surface area (Å²) in [6, 6.07) is 5.89. The zero-order chi connectivity index (χ0) is 23.0. The Morgan fingerprint density at radius 3 is 2.81 bits per heavy atom. The molecule has 0 aromatic heterocycles. The van der Waals surface area contributed by atoms with E-state index < -0.39 is 12.0 Å². The van der Waals surface area contributed by atoms with Gasteiger partial charge in [-0.2, -0.15) is 0 Å². The quantitative estimate of drug-likeness (QED) is 0.399. The normalized spacial score (nSPS) is 15.2. The van der Waals surface area contributed by atoms with Gasteiger partial charge in [-0.1, -0.05) is 38.1 Å². The average Bonchev–Trinajstić information content (AvgIpc) is 3.19. The lowest BCUT2D eigenvalue weighted by molar-refractivity contribution is -0.131. The molecule has 0 fully saturated rings. The van der Waals surface area contributed by atoms with Gasteiger partial charge in [-0.3, -0.25) is 4.79 Å². The molecule has 1 atom stereocenters. The summed E-state index contributed by atoms with van der Waals surface area (Å²) in [5.74, 6) is -1.95. The fraction of sp³-hybridized carbons (Fsp3) is 0.458. The van der Waals surface area contributed by atoms with Gasteiger partial charge >= 0.3 is 0 Å². The predicted octanol–water partition coefficient (Wildman–Crippen LogP) is 4.42. The number of carbonyl (C=O) groups is 1. The summed E-state index contributed by atoms with van der Waals surface area (Å²) in [6.45, 7) is 8.85. The Morgan fingerprint density at radius 2 is 2.16 bits per heavy atom. The van der Waals surface area contributed by atoms with E-state index in [4.69, 9.17) is 15.2 Å². The van der Waals surface area contributed by atoms with Crippen molar-refractivity contribution < 1.29 is 23.0 Å². The molecule has 0 aliphatic carbocycles. The molecular weight excluding hydrogens is 402 g/mol. The maximum Gasteiger partial charge on any atom is 0.270 e. The largest absolute Gasteiger partial charge is 0.493 e. The van der Waals surface area contributed by atoms with Crippen LogP contribution in [0.25, 0.3) is 0 Å². The number of hydrogen-bond acceptors (Lipinski definition) is 4. The van der Waals surface area contributed by atoms with Crippen LogP contribution in [0.4, 0.5) is 8.78 Å². The van der Waals surface area contributed by atoms with Crippen molar-refractivity contribution in [3.63, 3.8) is 0 Å². The monoisotopic (exact) mass is 434 g/mol.